The highest BCUT2D eigenvalue weighted by Crippen LogP contribution is 2.50. The number of rotatable bonds is 7. The van der Waals surface area contributed by atoms with Crippen LogP contribution in [0.25, 0.3) is 11.6 Å². The molecule has 1 atom stereocenters. The fraction of sp³-hybridized carbons (Fsp3) is 0.333. The fourth-order valence-corrected chi connectivity index (χ4v) is 5.04. The number of alkyl halides is 2. The summed E-state index contributed by atoms with van der Waals surface area (Å²) in [5.41, 5.74) is 1.48. The number of carbonyl (C=O) groups excluding carboxylic acids is 3. The standard InChI is InChI=1S/C24H19ClF2N6O5/c25-15-8-11(7-13-14(15)10-33(21(13)36)17-3-4-18(34)29-19(17)35)24(5-6-24)30-23-32-31-20(38-23)16-2-1-12(9-28-16)37-22(26)27/h1-2,7-9,17,22H,3-6,10H2,(H,30,32)(H,29,34,35). The minimum absolute atomic E-state index is 0.0777. The van der Waals surface area contributed by atoms with Gasteiger partial charge in [0.2, 0.25) is 11.8 Å². The lowest BCUT2D eigenvalue weighted by atomic mass is 9.99. The summed E-state index contributed by atoms with van der Waals surface area (Å²) in [4.78, 5) is 42.6. The van der Waals surface area contributed by atoms with Crippen LogP contribution >= 0.6 is 11.6 Å². The molecule has 38 heavy (non-hydrogen) atoms. The normalized spacial score (nSPS) is 19.9. The molecule has 2 fully saturated rings. The lowest BCUT2D eigenvalue weighted by molar-refractivity contribution is -0.136. The largest absolute Gasteiger partial charge is 0.433 e. The molecule has 1 aliphatic carbocycles. The number of nitrogens with zero attached hydrogens (tertiary/aromatic N) is 4. The summed E-state index contributed by atoms with van der Waals surface area (Å²) in [6.07, 6.45) is 2.98. The van der Waals surface area contributed by atoms with Crippen molar-refractivity contribution < 1.29 is 32.3 Å². The molecule has 6 rings (SSSR count). The SMILES string of the molecule is O=C1CCC(N2Cc3c(Cl)cc(C4(Nc5nnc(-c6ccc(OC(F)F)cn6)o5)CC4)cc3C2=O)C(=O)N1. The molecule has 2 N–H and O–H groups in total. The molecule has 0 bridgehead atoms. The Labute approximate surface area is 218 Å². The molecule has 0 spiro atoms. The Balaban J connectivity index is 1.20. The summed E-state index contributed by atoms with van der Waals surface area (Å²) in [5, 5.41) is 13.9. The average molecular weight is 545 g/mol. The van der Waals surface area contributed by atoms with Crippen molar-refractivity contribution in [1.29, 1.82) is 0 Å². The van der Waals surface area contributed by atoms with Crippen LogP contribution in [-0.2, 0) is 21.7 Å². The van der Waals surface area contributed by atoms with E-state index in [1.807, 2.05) is 0 Å². The van der Waals surface area contributed by atoms with E-state index in [2.05, 4.69) is 30.6 Å². The van der Waals surface area contributed by atoms with Gasteiger partial charge in [0.1, 0.15) is 17.5 Å². The first kappa shape index (κ1) is 24.2. The van der Waals surface area contributed by atoms with Crippen LogP contribution in [0.3, 0.4) is 0 Å². The molecule has 3 aromatic rings. The number of fused-ring (bicyclic) bond motifs is 1. The number of anilines is 1. The first-order valence-electron chi connectivity index (χ1n) is 11.7. The van der Waals surface area contributed by atoms with Crippen LogP contribution < -0.4 is 15.4 Å². The third-order valence-electron chi connectivity index (χ3n) is 6.86. The van der Waals surface area contributed by atoms with E-state index in [0.29, 0.717) is 29.0 Å². The second-order valence-electron chi connectivity index (χ2n) is 9.26. The number of piperidine rings is 1. The number of pyridine rings is 1. The Morgan fingerprint density at radius 3 is 2.71 bits per heavy atom. The molecule has 196 valence electrons. The Hall–Kier alpha value is -4.13. The zero-order valence-corrected chi connectivity index (χ0v) is 20.3. The van der Waals surface area contributed by atoms with Crippen LogP contribution in [0.1, 0.15) is 47.2 Å². The molecule has 11 nitrogen and oxygen atoms in total. The van der Waals surface area contributed by atoms with Crippen LogP contribution in [0.2, 0.25) is 5.02 Å². The van der Waals surface area contributed by atoms with Crippen molar-refractivity contribution >= 4 is 35.3 Å². The number of nitrogens with one attached hydrogen (secondary N) is 2. The molecular formula is C24H19ClF2N6O5. The number of carbonyl (C=O) groups is 3. The Morgan fingerprint density at radius 1 is 1.21 bits per heavy atom. The summed E-state index contributed by atoms with van der Waals surface area (Å²) in [6, 6.07) is 5.65. The van der Waals surface area contributed by atoms with Gasteiger partial charge in [-0.15, -0.1) is 5.10 Å². The van der Waals surface area contributed by atoms with Gasteiger partial charge < -0.3 is 19.4 Å². The average Bonchev–Trinajstić information content (AvgIpc) is 3.37. The van der Waals surface area contributed by atoms with E-state index >= 15 is 0 Å². The second-order valence-corrected chi connectivity index (χ2v) is 9.67. The molecule has 2 aliphatic heterocycles. The van der Waals surface area contributed by atoms with Gasteiger partial charge in [-0.05, 0) is 49.1 Å². The summed E-state index contributed by atoms with van der Waals surface area (Å²) < 4.78 is 34.7. The molecule has 1 unspecified atom stereocenters. The summed E-state index contributed by atoms with van der Waals surface area (Å²) in [5.74, 6) is -1.18. The molecule has 14 heteroatoms. The zero-order chi connectivity index (χ0) is 26.6. The number of benzene rings is 1. The number of imide groups is 1. The lowest BCUT2D eigenvalue weighted by Crippen LogP contribution is -2.52. The molecule has 4 heterocycles. The van der Waals surface area contributed by atoms with E-state index in [1.165, 1.54) is 17.0 Å². The molecule has 3 aliphatic rings. The molecule has 2 aromatic heterocycles. The highest BCUT2D eigenvalue weighted by atomic mass is 35.5. The zero-order valence-electron chi connectivity index (χ0n) is 19.5. The third kappa shape index (κ3) is 4.32. The number of halogens is 3. The number of amides is 3. The number of ether oxygens (including phenoxy) is 1. The topological polar surface area (TPSA) is 140 Å². The molecule has 1 aromatic carbocycles. The van der Waals surface area contributed by atoms with Crippen molar-refractivity contribution in [2.45, 2.75) is 50.4 Å². The maximum atomic E-state index is 13.3. The predicted molar refractivity (Wildman–Crippen MR) is 126 cm³/mol. The molecular weight excluding hydrogens is 526 g/mol. The van der Waals surface area contributed by atoms with Crippen LogP contribution in [-0.4, -0.2) is 50.5 Å². The van der Waals surface area contributed by atoms with Gasteiger partial charge in [0.05, 0.1) is 11.7 Å². The van der Waals surface area contributed by atoms with Crippen molar-refractivity contribution in [1.82, 2.24) is 25.4 Å². The Morgan fingerprint density at radius 2 is 2.03 bits per heavy atom. The van der Waals surface area contributed by atoms with Crippen LogP contribution in [0.4, 0.5) is 14.8 Å². The van der Waals surface area contributed by atoms with Crippen LogP contribution in [0, 0.1) is 0 Å². The Bertz CT molecular complexity index is 1460. The maximum Gasteiger partial charge on any atom is 0.387 e. The van der Waals surface area contributed by atoms with Crippen molar-refractivity contribution in [2.75, 3.05) is 5.32 Å². The quantitative estimate of drug-likeness (QED) is 0.429. The molecule has 3 amide bonds. The van der Waals surface area contributed by atoms with Gasteiger partial charge in [-0.3, -0.25) is 19.7 Å². The van der Waals surface area contributed by atoms with E-state index in [0.717, 1.165) is 11.8 Å². The van der Waals surface area contributed by atoms with Gasteiger partial charge in [-0.25, -0.2) is 4.98 Å². The smallest absolute Gasteiger partial charge is 0.387 e. The van der Waals surface area contributed by atoms with Crippen molar-refractivity contribution in [3.8, 4) is 17.3 Å². The highest BCUT2D eigenvalue weighted by molar-refractivity contribution is 6.32. The van der Waals surface area contributed by atoms with Gasteiger partial charge in [-0.1, -0.05) is 16.7 Å². The number of hydrogen-bond donors (Lipinski definition) is 2. The van der Waals surface area contributed by atoms with E-state index in [9.17, 15) is 23.2 Å². The van der Waals surface area contributed by atoms with Crippen LogP contribution in [0.5, 0.6) is 5.75 Å². The van der Waals surface area contributed by atoms with E-state index in [-0.39, 0.29) is 54.5 Å². The molecule has 0 radical (unpaired) electrons. The van der Waals surface area contributed by atoms with Gasteiger partial charge in [-0.2, -0.15) is 8.78 Å². The first-order chi connectivity index (χ1) is 18.2. The first-order valence-corrected chi connectivity index (χ1v) is 12.1. The van der Waals surface area contributed by atoms with Gasteiger partial charge in [0, 0.05) is 29.1 Å². The van der Waals surface area contributed by atoms with E-state index < -0.39 is 24.1 Å². The summed E-state index contributed by atoms with van der Waals surface area (Å²) in [6.45, 7) is -2.78. The monoisotopic (exact) mass is 544 g/mol. The maximum absolute atomic E-state index is 13.3. The molecule has 1 saturated carbocycles. The van der Waals surface area contributed by atoms with Crippen molar-refractivity contribution in [2.24, 2.45) is 0 Å². The van der Waals surface area contributed by atoms with Crippen LogP contribution in [0.15, 0.2) is 34.9 Å². The minimum Gasteiger partial charge on any atom is -0.433 e. The summed E-state index contributed by atoms with van der Waals surface area (Å²) in [7, 11) is 0. The van der Waals surface area contributed by atoms with Crippen molar-refractivity contribution in [3.63, 3.8) is 0 Å². The third-order valence-corrected chi connectivity index (χ3v) is 7.19. The van der Waals surface area contributed by atoms with Crippen molar-refractivity contribution in [3.05, 3.63) is 52.2 Å². The highest BCUT2D eigenvalue weighted by Gasteiger charge is 2.48. The molecule has 1 saturated heterocycles. The van der Waals surface area contributed by atoms with Gasteiger partial charge >= 0.3 is 12.6 Å². The minimum atomic E-state index is -2.96. The summed E-state index contributed by atoms with van der Waals surface area (Å²) >= 11 is 6.59. The van der Waals surface area contributed by atoms with Gasteiger partial charge in [0.15, 0.2) is 0 Å². The second kappa shape index (κ2) is 9.01. The van der Waals surface area contributed by atoms with Gasteiger partial charge in [0.25, 0.3) is 11.8 Å². The van der Waals surface area contributed by atoms with E-state index in [4.69, 9.17) is 16.0 Å². The number of aromatic nitrogens is 3. The lowest BCUT2D eigenvalue weighted by Gasteiger charge is -2.29. The Kier molecular flexibility index (Phi) is 5.74. The fourth-order valence-electron chi connectivity index (χ4n) is 4.76. The van der Waals surface area contributed by atoms with E-state index in [1.54, 1.807) is 12.1 Å². The predicted octanol–water partition coefficient (Wildman–Crippen LogP) is 3.25. The number of hydrogen-bond acceptors (Lipinski definition) is 9.